The first kappa shape index (κ1) is 9.32. The Bertz CT molecular complexity index is 590. The van der Waals surface area contributed by atoms with Crippen molar-refractivity contribution in [3.8, 4) is 6.07 Å². The molecule has 0 radical (unpaired) electrons. The topological polar surface area (TPSA) is 33.0 Å². The number of hydrogen-bond acceptors (Lipinski definition) is 3. The Morgan fingerprint density at radius 2 is 2.06 bits per heavy atom. The van der Waals surface area contributed by atoms with Gasteiger partial charge in [0.05, 0.1) is 10.5 Å². The maximum atomic E-state index is 8.80. The zero-order valence-electron chi connectivity index (χ0n) is 8.31. The molecule has 2 nitrogen and oxygen atoms in total. The molecule has 0 atom stereocenters. The first-order chi connectivity index (χ1) is 7.86. The summed E-state index contributed by atoms with van der Waals surface area (Å²) in [7, 11) is 0. The van der Waals surface area contributed by atoms with Crippen molar-refractivity contribution in [1.29, 1.82) is 5.26 Å². The van der Waals surface area contributed by atoms with Crippen LogP contribution in [0.2, 0.25) is 0 Å². The SMILES string of the molecule is N#CC1=COC2=Cc3ccccc3SC2=C1. The minimum absolute atomic E-state index is 0.555. The third-order valence-electron chi connectivity index (χ3n) is 2.40. The van der Waals surface area contributed by atoms with Crippen LogP contribution in [-0.2, 0) is 4.74 Å². The van der Waals surface area contributed by atoms with Crippen LogP contribution < -0.4 is 0 Å². The number of ether oxygens (including phenoxy) is 1. The molecule has 0 spiro atoms. The van der Waals surface area contributed by atoms with Gasteiger partial charge in [0.15, 0.2) is 0 Å². The van der Waals surface area contributed by atoms with Crippen LogP contribution in [0.4, 0.5) is 0 Å². The van der Waals surface area contributed by atoms with Crippen molar-refractivity contribution in [2.75, 3.05) is 0 Å². The monoisotopic (exact) mass is 225 g/mol. The number of thioether (sulfide) groups is 1. The van der Waals surface area contributed by atoms with Crippen molar-refractivity contribution in [3.63, 3.8) is 0 Å². The fraction of sp³-hybridized carbons (Fsp3) is 0. The first-order valence-corrected chi connectivity index (χ1v) is 5.66. The Morgan fingerprint density at radius 3 is 2.94 bits per heavy atom. The summed E-state index contributed by atoms with van der Waals surface area (Å²) in [4.78, 5) is 2.19. The summed E-state index contributed by atoms with van der Waals surface area (Å²) in [6.45, 7) is 0. The Morgan fingerprint density at radius 1 is 1.19 bits per heavy atom. The van der Waals surface area contributed by atoms with Crippen molar-refractivity contribution >= 4 is 17.8 Å². The third kappa shape index (κ3) is 1.44. The van der Waals surface area contributed by atoms with Gasteiger partial charge in [0.25, 0.3) is 0 Å². The van der Waals surface area contributed by atoms with Gasteiger partial charge < -0.3 is 4.74 Å². The van der Waals surface area contributed by atoms with Gasteiger partial charge in [0.2, 0.25) is 0 Å². The van der Waals surface area contributed by atoms with E-state index in [2.05, 4.69) is 18.2 Å². The lowest BCUT2D eigenvalue weighted by Gasteiger charge is -2.20. The molecule has 0 bridgehead atoms. The molecule has 0 aliphatic carbocycles. The van der Waals surface area contributed by atoms with Crippen LogP contribution in [0.5, 0.6) is 0 Å². The summed E-state index contributed by atoms with van der Waals surface area (Å²) in [6, 6.07) is 10.2. The van der Waals surface area contributed by atoms with Crippen LogP contribution >= 0.6 is 11.8 Å². The summed E-state index contributed by atoms with van der Waals surface area (Å²) >= 11 is 1.64. The van der Waals surface area contributed by atoms with Crippen molar-refractivity contribution in [1.82, 2.24) is 0 Å². The van der Waals surface area contributed by atoms with Gasteiger partial charge in [-0.05, 0) is 23.8 Å². The van der Waals surface area contributed by atoms with Gasteiger partial charge in [-0.15, -0.1) is 0 Å². The van der Waals surface area contributed by atoms with Gasteiger partial charge >= 0.3 is 0 Å². The minimum atomic E-state index is 0.555. The second-order valence-electron chi connectivity index (χ2n) is 3.46. The molecule has 0 amide bonds. The standard InChI is InChI=1S/C13H7NOS/c14-7-9-5-13-11(15-8-9)6-10-3-1-2-4-12(10)16-13/h1-6,8H. The van der Waals surface area contributed by atoms with Crippen LogP contribution in [0.25, 0.3) is 6.08 Å². The maximum Gasteiger partial charge on any atom is 0.141 e. The molecule has 0 fully saturated rings. The van der Waals surface area contributed by atoms with Gasteiger partial charge in [-0.3, -0.25) is 0 Å². The van der Waals surface area contributed by atoms with Crippen LogP contribution in [0.3, 0.4) is 0 Å². The number of rotatable bonds is 0. The molecular formula is C13H7NOS. The van der Waals surface area contributed by atoms with Crippen LogP contribution in [-0.4, -0.2) is 0 Å². The third-order valence-corrected chi connectivity index (χ3v) is 3.53. The van der Waals surface area contributed by atoms with Crippen molar-refractivity contribution in [3.05, 3.63) is 58.4 Å². The second kappa shape index (κ2) is 3.58. The number of allylic oxidation sites excluding steroid dienone is 2. The highest BCUT2D eigenvalue weighted by Crippen LogP contribution is 2.42. The van der Waals surface area contributed by atoms with Crippen LogP contribution in [0.15, 0.2) is 57.7 Å². The Labute approximate surface area is 97.5 Å². The number of fused-ring (bicyclic) bond motifs is 2. The van der Waals surface area contributed by atoms with Crippen molar-refractivity contribution in [2.24, 2.45) is 0 Å². The highest BCUT2D eigenvalue weighted by atomic mass is 32.2. The molecule has 1 aromatic rings. The number of hydrogen-bond donors (Lipinski definition) is 0. The number of benzene rings is 1. The number of nitriles is 1. The lowest BCUT2D eigenvalue weighted by atomic mass is 10.1. The Balaban J connectivity index is 2.08. The van der Waals surface area contributed by atoms with E-state index >= 15 is 0 Å². The molecule has 0 unspecified atom stereocenters. The molecule has 0 aromatic heterocycles. The molecule has 2 aliphatic rings. The van der Waals surface area contributed by atoms with E-state index in [0.29, 0.717) is 5.57 Å². The average Bonchev–Trinajstić information content (AvgIpc) is 2.35. The molecule has 1 aromatic carbocycles. The molecule has 0 saturated heterocycles. The molecule has 16 heavy (non-hydrogen) atoms. The maximum absolute atomic E-state index is 8.80. The zero-order chi connectivity index (χ0) is 11.0. The fourth-order valence-electron chi connectivity index (χ4n) is 1.63. The first-order valence-electron chi connectivity index (χ1n) is 4.84. The van der Waals surface area contributed by atoms with Crippen LogP contribution in [0.1, 0.15) is 5.56 Å². The van der Waals surface area contributed by atoms with E-state index in [1.54, 1.807) is 11.8 Å². The summed E-state index contributed by atoms with van der Waals surface area (Å²) < 4.78 is 5.43. The highest BCUT2D eigenvalue weighted by molar-refractivity contribution is 8.03. The second-order valence-corrected chi connectivity index (χ2v) is 4.54. The van der Waals surface area contributed by atoms with E-state index in [1.807, 2.05) is 24.3 Å². The van der Waals surface area contributed by atoms with Gasteiger partial charge in [0.1, 0.15) is 18.1 Å². The fourth-order valence-corrected chi connectivity index (χ4v) is 2.65. The minimum Gasteiger partial charge on any atom is -0.462 e. The smallest absolute Gasteiger partial charge is 0.141 e. The largest absolute Gasteiger partial charge is 0.462 e. The zero-order valence-corrected chi connectivity index (χ0v) is 9.12. The van der Waals surface area contributed by atoms with Gasteiger partial charge in [0, 0.05) is 4.90 Å². The van der Waals surface area contributed by atoms with Gasteiger partial charge in [-0.1, -0.05) is 30.0 Å². The summed E-state index contributed by atoms with van der Waals surface area (Å²) in [5, 5.41) is 8.80. The predicted octanol–water partition coefficient (Wildman–Crippen LogP) is 3.45. The summed E-state index contributed by atoms with van der Waals surface area (Å²) in [6.07, 6.45) is 5.35. The molecular weight excluding hydrogens is 218 g/mol. The van der Waals surface area contributed by atoms with Crippen LogP contribution in [0, 0.1) is 11.3 Å². The lowest BCUT2D eigenvalue weighted by molar-refractivity contribution is 0.364. The normalized spacial score (nSPS) is 16.8. The molecule has 3 heteroatoms. The Kier molecular flexibility index (Phi) is 2.09. The van der Waals surface area contributed by atoms with E-state index < -0.39 is 0 Å². The quantitative estimate of drug-likeness (QED) is 0.678. The van der Waals surface area contributed by atoms with E-state index in [0.717, 1.165) is 16.2 Å². The molecule has 0 N–H and O–H groups in total. The summed E-state index contributed by atoms with van der Waals surface area (Å²) in [5.74, 6) is 0.822. The molecule has 0 saturated carbocycles. The van der Waals surface area contributed by atoms with Gasteiger partial charge in [-0.25, -0.2) is 0 Å². The van der Waals surface area contributed by atoms with E-state index in [-0.39, 0.29) is 0 Å². The summed E-state index contributed by atoms with van der Waals surface area (Å²) in [5.41, 5.74) is 1.72. The van der Waals surface area contributed by atoms with Crippen molar-refractivity contribution < 1.29 is 4.74 Å². The van der Waals surface area contributed by atoms with Gasteiger partial charge in [-0.2, -0.15) is 5.26 Å². The van der Waals surface area contributed by atoms with E-state index in [9.17, 15) is 0 Å². The average molecular weight is 225 g/mol. The highest BCUT2D eigenvalue weighted by Gasteiger charge is 2.19. The predicted molar refractivity (Wildman–Crippen MR) is 63.1 cm³/mol. The molecule has 3 rings (SSSR count). The molecule has 2 aliphatic heterocycles. The van der Waals surface area contributed by atoms with Crippen molar-refractivity contribution in [2.45, 2.75) is 4.90 Å². The number of nitrogens with zero attached hydrogens (tertiary/aromatic N) is 1. The molecule has 76 valence electrons. The van der Waals surface area contributed by atoms with E-state index in [4.69, 9.17) is 10.00 Å². The van der Waals surface area contributed by atoms with E-state index in [1.165, 1.54) is 11.2 Å². The lowest BCUT2D eigenvalue weighted by Crippen LogP contribution is -2.00. The molecule has 2 heterocycles. The Hall–Kier alpha value is -1.92.